The first-order chi connectivity index (χ1) is 6.24. The van der Waals surface area contributed by atoms with Gasteiger partial charge in [-0.05, 0) is 30.7 Å². The van der Waals surface area contributed by atoms with Crippen LogP contribution in [0.15, 0.2) is 24.3 Å². The van der Waals surface area contributed by atoms with Crippen LogP contribution in [0.5, 0.6) is 5.75 Å². The van der Waals surface area contributed by atoms with Crippen molar-refractivity contribution in [2.45, 2.75) is 13.3 Å². The van der Waals surface area contributed by atoms with E-state index in [2.05, 4.69) is 0 Å². The molecule has 0 heterocycles. The predicted molar refractivity (Wildman–Crippen MR) is 48.7 cm³/mol. The van der Waals surface area contributed by atoms with Gasteiger partial charge in [-0.15, -0.1) is 0 Å². The van der Waals surface area contributed by atoms with E-state index < -0.39 is 0 Å². The van der Waals surface area contributed by atoms with Crippen LogP contribution in [0.4, 0.5) is 0 Å². The van der Waals surface area contributed by atoms with Gasteiger partial charge in [-0.2, -0.15) is 0 Å². The Hall–Kier alpha value is -0.991. The number of rotatable bonds is 3. The van der Waals surface area contributed by atoms with Crippen molar-refractivity contribution in [2.24, 2.45) is 0 Å². The van der Waals surface area contributed by atoms with Crippen LogP contribution in [0.1, 0.15) is 23.7 Å². The molecule has 1 aromatic carbocycles. The fraction of sp³-hybridized carbons (Fsp3) is 0.300. The summed E-state index contributed by atoms with van der Waals surface area (Å²) in [6, 6.07) is 5.99. The van der Waals surface area contributed by atoms with E-state index >= 15 is 0 Å². The normalized spacial score (nSPS) is 8.93. The molecule has 14 heavy (non-hydrogen) atoms. The van der Waals surface area contributed by atoms with E-state index in [1.54, 1.807) is 0 Å². The van der Waals surface area contributed by atoms with Crippen LogP contribution < -0.4 is 0 Å². The largest absolute Gasteiger partial charge is 2.00 e. The Morgan fingerprint density at radius 3 is 2.43 bits per heavy atom. The number of carbonyl (C=O) groups is 1. The summed E-state index contributed by atoms with van der Waals surface area (Å²) in [5, 5.41) is 8.96. The quantitative estimate of drug-likeness (QED) is 0.652. The van der Waals surface area contributed by atoms with Crippen molar-refractivity contribution in [3.8, 4) is 5.75 Å². The van der Waals surface area contributed by atoms with Crippen LogP contribution in [0.25, 0.3) is 0 Å². The Kier molecular flexibility index (Phi) is 6.00. The molecule has 0 fully saturated rings. The topological polar surface area (TPSA) is 46.5 Å². The molecular weight excluding hydrogens is 232 g/mol. The van der Waals surface area contributed by atoms with Gasteiger partial charge >= 0.3 is 23.0 Å². The minimum atomic E-state index is -0.346. The summed E-state index contributed by atoms with van der Waals surface area (Å²) in [6.07, 6.45) is 0.809. The zero-order chi connectivity index (χ0) is 9.68. The Bertz CT molecular complexity index is 282. The van der Waals surface area contributed by atoms with Crippen LogP contribution in [0, 0.1) is 0 Å². The third-order valence-corrected chi connectivity index (χ3v) is 1.54. The van der Waals surface area contributed by atoms with Gasteiger partial charge in [0.05, 0.1) is 12.2 Å². The Morgan fingerprint density at radius 2 is 1.93 bits per heavy atom. The van der Waals surface area contributed by atoms with E-state index in [-0.39, 0.29) is 28.8 Å². The summed E-state index contributed by atoms with van der Waals surface area (Å²) in [5.41, 5.74) is 0.464. The smallest absolute Gasteiger partial charge is 0.508 e. The van der Waals surface area contributed by atoms with Crippen LogP contribution >= 0.6 is 0 Å². The monoisotopic (exact) mass is 243 g/mol. The van der Waals surface area contributed by atoms with Gasteiger partial charge in [0.25, 0.3) is 0 Å². The molecule has 1 aromatic rings. The van der Waals surface area contributed by atoms with Crippen LogP contribution in [0.3, 0.4) is 0 Å². The molecule has 0 aliphatic rings. The van der Waals surface area contributed by atoms with E-state index in [1.807, 2.05) is 6.92 Å². The van der Waals surface area contributed by atoms with E-state index in [0.717, 1.165) is 6.42 Å². The maximum absolute atomic E-state index is 11.2. The van der Waals surface area contributed by atoms with Crippen molar-refractivity contribution in [3.05, 3.63) is 29.8 Å². The van der Waals surface area contributed by atoms with Gasteiger partial charge in [-0.1, -0.05) is 6.92 Å². The number of hydrogen-bond donors (Lipinski definition) is 1. The first-order valence-electron chi connectivity index (χ1n) is 4.20. The number of aromatic hydroxyl groups is 1. The Balaban J connectivity index is 0.00000169. The second kappa shape index (κ2) is 6.46. The van der Waals surface area contributed by atoms with Crippen molar-refractivity contribution >= 4 is 5.97 Å². The molecule has 0 unspecified atom stereocenters. The third-order valence-electron chi connectivity index (χ3n) is 1.54. The molecule has 0 saturated heterocycles. The number of phenols is 1. The summed E-state index contributed by atoms with van der Waals surface area (Å²) in [6.45, 7) is 2.36. The zero-order valence-electron chi connectivity index (χ0n) is 7.79. The number of esters is 1. The SMILES string of the molecule is CCCOC(=O)c1ccc(O)cc1.[Cu+2]. The van der Waals surface area contributed by atoms with Gasteiger partial charge in [0.2, 0.25) is 0 Å². The van der Waals surface area contributed by atoms with Crippen molar-refractivity contribution < 1.29 is 31.7 Å². The van der Waals surface area contributed by atoms with Crippen molar-refractivity contribution in [2.75, 3.05) is 6.61 Å². The van der Waals surface area contributed by atoms with Crippen molar-refractivity contribution in [3.63, 3.8) is 0 Å². The maximum Gasteiger partial charge on any atom is 2.00 e. The molecule has 0 aromatic heterocycles. The van der Waals surface area contributed by atoms with E-state index in [9.17, 15) is 4.79 Å². The average Bonchev–Trinajstić information content (AvgIpc) is 2.15. The Labute approximate surface area is 93.6 Å². The number of phenolic OH excluding ortho intramolecular Hbond substituents is 1. The molecule has 1 radical (unpaired) electrons. The first-order valence-corrected chi connectivity index (χ1v) is 4.20. The molecule has 1 rings (SSSR count). The van der Waals surface area contributed by atoms with Crippen LogP contribution in [-0.2, 0) is 21.8 Å². The summed E-state index contributed by atoms with van der Waals surface area (Å²) in [5.74, 6) is -0.200. The molecule has 1 N–H and O–H groups in total. The molecular formula is C10H12CuO3+2. The maximum atomic E-state index is 11.2. The second-order valence-corrected chi connectivity index (χ2v) is 2.68. The predicted octanol–water partition coefficient (Wildman–Crippen LogP) is 1.96. The number of ether oxygens (including phenoxy) is 1. The summed E-state index contributed by atoms with van der Waals surface area (Å²) >= 11 is 0. The van der Waals surface area contributed by atoms with Gasteiger partial charge in [0.1, 0.15) is 5.75 Å². The molecule has 4 heteroatoms. The molecule has 0 spiro atoms. The number of benzene rings is 1. The summed E-state index contributed by atoms with van der Waals surface area (Å²) in [4.78, 5) is 11.2. The van der Waals surface area contributed by atoms with Gasteiger partial charge in [-0.3, -0.25) is 0 Å². The van der Waals surface area contributed by atoms with E-state index in [4.69, 9.17) is 9.84 Å². The molecule has 0 amide bonds. The van der Waals surface area contributed by atoms with Gasteiger partial charge in [0.15, 0.2) is 0 Å². The molecule has 0 aliphatic carbocycles. The molecule has 0 aliphatic heterocycles. The van der Waals surface area contributed by atoms with Crippen LogP contribution in [0.2, 0.25) is 0 Å². The minimum Gasteiger partial charge on any atom is -0.508 e. The van der Waals surface area contributed by atoms with E-state index in [0.29, 0.717) is 12.2 Å². The van der Waals surface area contributed by atoms with E-state index in [1.165, 1.54) is 24.3 Å². The van der Waals surface area contributed by atoms with Crippen molar-refractivity contribution in [1.82, 2.24) is 0 Å². The number of carbonyl (C=O) groups excluding carboxylic acids is 1. The fourth-order valence-corrected chi connectivity index (χ4v) is 0.876. The van der Waals surface area contributed by atoms with Gasteiger partial charge in [0, 0.05) is 0 Å². The standard InChI is InChI=1S/C10H12O3.Cu/c1-2-7-13-10(12)8-3-5-9(11)6-4-8;/h3-6,11H,2,7H2,1H3;/q;+2. The van der Waals surface area contributed by atoms with Crippen molar-refractivity contribution in [1.29, 1.82) is 0 Å². The minimum absolute atomic E-state index is 0. The Morgan fingerprint density at radius 1 is 1.36 bits per heavy atom. The fourth-order valence-electron chi connectivity index (χ4n) is 0.876. The third kappa shape index (κ3) is 3.81. The molecule has 79 valence electrons. The first kappa shape index (κ1) is 13.0. The molecule has 3 nitrogen and oxygen atoms in total. The number of hydrogen-bond acceptors (Lipinski definition) is 3. The summed E-state index contributed by atoms with van der Waals surface area (Å²) in [7, 11) is 0. The van der Waals surface area contributed by atoms with Gasteiger partial charge in [-0.25, -0.2) is 4.79 Å². The molecule has 0 atom stereocenters. The van der Waals surface area contributed by atoms with Gasteiger partial charge < -0.3 is 9.84 Å². The molecule has 0 saturated carbocycles. The average molecular weight is 244 g/mol. The molecule has 0 bridgehead atoms. The van der Waals surface area contributed by atoms with Crippen LogP contribution in [-0.4, -0.2) is 17.7 Å². The second-order valence-electron chi connectivity index (χ2n) is 2.68. The zero-order valence-corrected chi connectivity index (χ0v) is 8.73. The summed E-state index contributed by atoms with van der Waals surface area (Å²) < 4.78 is 4.90.